The lowest BCUT2D eigenvalue weighted by atomic mass is 9.97. The molecule has 1 aliphatic heterocycles. The molecule has 1 N–H and O–H groups in total. The maximum atomic E-state index is 13.0. The van der Waals surface area contributed by atoms with Gasteiger partial charge in [0.05, 0.1) is 10.6 Å². The first-order chi connectivity index (χ1) is 11.3. The molecule has 0 fully saturated rings. The first-order valence-electron chi connectivity index (χ1n) is 6.69. The standard InChI is InChI=1S/C16H9ClF3NO3/c17-12-6-9(8-2-1-3-21-7-8)4-10-5-11(15(22)23)14(16(18,19)20)24-13(10)12/h1-7,14H,(H,22,23). The normalized spacial score (nSPS) is 16.8. The van der Waals surface area contributed by atoms with E-state index in [9.17, 15) is 18.0 Å². The van der Waals surface area contributed by atoms with E-state index in [0.29, 0.717) is 11.1 Å². The average Bonchev–Trinajstić information content (AvgIpc) is 2.53. The minimum absolute atomic E-state index is 0.0405. The molecular formula is C16H9ClF3NO3. The number of carboxylic acid groups (broad SMARTS) is 1. The second-order valence-electron chi connectivity index (χ2n) is 5.06. The van der Waals surface area contributed by atoms with Crippen molar-refractivity contribution >= 4 is 23.6 Å². The van der Waals surface area contributed by atoms with E-state index in [0.717, 1.165) is 6.08 Å². The van der Waals surface area contributed by atoms with E-state index in [-0.39, 0.29) is 16.3 Å². The van der Waals surface area contributed by atoms with Crippen LogP contribution in [-0.2, 0) is 4.79 Å². The van der Waals surface area contributed by atoms with Crippen molar-refractivity contribution in [2.45, 2.75) is 12.3 Å². The van der Waals surface area contributed by atoms with Crippen molar-refractivity contribution in [1.82, 2.24) is 4.98 Å². The predicted molar refractivity (Wildman–Crippen MR) is 80.8 cm³/mol. The van der Waals surface area contributed by atoms with Crippen LogP contribution in [0, 0.1) is 0 Å². The van der Waals surface area contributed by atoms with Gasteiger partial charge in [0.15, 0.2) is 0 Å². The highest BCUT2D eigenvalue weighted by Gasteiger charge is 2.48. The number of carbonyl (C=O) groups is 1. The fraction of sp³-hybridized carbons (Fsp3) is 0.125. The Morgan fingerprint density at radius 2 is 2.04 bits per heavy atom. The summed E-state index contributed by atoms with van der Waals surface area (Å²) in [7, 11) is 0. The zero-order valence-corrected chi connectivity index (χ0v) is 12.6. The highest BCUT2D eigenvalue weighted by molar-refractivity contribution is 6.32. The average molecular weight is 356 g/mol. The van der Waals surface area contributed by atoms with Crippen LogP contribution in [0.25, 0.3) is 17.2 Å². The molecule has 124 valence electrons. The van der Waals surface area contributed by atoms with E-state index in [2.05, 4.69) is 4.98 Å². The largest absolute Gasteiger partial charge is 0.478 e. The van der Waals surface area contributed by atoms with E-state index < -0.39 is 23.8 Å². The van der Waals surface area contributed by atoms with Crippen molar-refractivity contribution in [3.8, 4) is 16.9 Å². The molecule has 2 heterocycles. The summed E-state index contributed by atoms with van der Waals surface area (Å²) in [4.78, 5) is 15.1. The molecule has 0 saturated carbocycles. The molecule has 0 aliphatic carbocycles. The molecule has 1 aromatic heterocycles. The summed E-state index contributed by atoms with van der Waals surface area (Å²) in [6.07, 6.45) is -3.37. The molecule has 1 aliphatic rings. The second-order valence-corrected chi connectivity index (χ2v) is 5.47. The van der Waals surface area contributed by atoms with Crippen LogP contribution in [0.3, 0.4) is 0 Å². The maximum absolute atomic E-state index is 13.0. The van der Waals surface area contributed by atoms with E-state index >= 15 is 0 Å². The molecule has 2 aromatic rings. The van der Waals surface area contributed by atoms with Crippen LogP contribution in [0.4, 0.5) is 13.2 Å². The van der Waals surface area contributed by atoms with Crippen molar-refractivity contribution in [2.75, 3.05) is 0 Å². The number of benzene rings is 1. The molecule has 8 heteroatoms. The number of carboxylic acids is 1. The molecule has 3 rings (SSSR count). The first-order valence-corrected chi connectivity index (χ1v) is 7.07. The van der Waals surface area contributed by atoms with Gasteiger partial charge < -0.3 is 9.84 Å². The fourth-order valence-electron chi connectivity index (χ4n) is 2.39. The first kappa shape index (κ1) is 16.3. The van der Waals surface area contributed by atoms with Crippen molar-refractivity contribution in [3.63, 3.8) is 0 Å². The van der Waals surface area contributed by atoms with Crippen molar-refractivity contribution < 1.29 is 27.8 Å². The third-order valence-electron chi connectivity index (χ3n) is 3.44. The molecule has 1 atom stereocenters. The number of aliphatic carboxylic acids is 1. The Kier molecular flexibility index (Phi) is 3.96. The van der Waals surface area contributed by atoms with Gasteiger partial charge in [0, 0.05) is 23.5 Å². The predicted octanol–water partition coefficient (Wildman–Crippen LogP) is 4.19. The lowest BCUT2D eigenvalue weighted by molar-refractivity contribution is -0.187. The van der Waals surface area contributed by atoms with Crippen molar-refractivity contribution in [3.05, 3.63) is 52.8 Å². The third kappa shape index (κ3) is 2.94. The van der Waals surface area contributed by atoms with Crippen molar-refractivity contribution in [1.29, 1.82) is 0 Å². The number of alkyl halides is 3. The molecule has 0 amide bonds. The number of ether oxygens (including phenoxy) is 1. The van der Waals surface area contributed by atoms with Crippen LogP contribution in [0.5, 0.6) is 5.75 Å². The highest BCUT2D eigenvalue weighted by atomic mass is 35.5. The summed E-state index contributed by atoms with van der Waals surface area (Å²) >= 11 is 6.05. The van der Waals surface area contributed by atoms with Gasteiger partial charge in [-0.1, -0.05) is 17.7 Å². The summed E-state index contributed by atoms with van der Waals surface area (Å²) in [6.45, 7) is 0. The Hall–Kier alpha value is -2.54. The molecule has 1 unspecified atom stereocenters. The Balaban J connectivity index is 2.15. The molecule has 1 aromatic carbocycles. The number of rotatable bonds is 2. The summed E-state index contributed by atoms with van der Waals surface area (Å²) in [5, 5.41) is 9.02. The van der Waals surface area contributed by atoms with E-state index in [1.165, 1.54) is 12.1 Å². The van der Waals surface area contributed by atoms with Gasteiger partial charge in [-0.25, -0.2) is 4.79 Å². The summed E-state index contributed by atoms with van der Waals surface area (Å²) < 4.78 is 44.0. The van der Waals surface area contributed by atoms with Gasteiger partial charge in [-0.15, -0.1) is 0 Å². The Morgan fingerprint density at radius 1 is 1.29 bits per heavy atom. The summed E-state index contributed by atoms with van der Waals surface area (Å²) in [5.41, 5.74) is 0.543. The zero-order valence-electron chi connectivity index (χ0n) is 11.8. The van der Waals surface area contributed by atoms with Gasteiger partial charge in [0.2, 0.25) is 6.10 Å². The third-order valence-corrected chi connectivity index (χ3v) is 3.72. The molecule has 0 saturated heterocycles. The maximum Gasteiger partial charge on any atom is 0.430 e. The Bertz CT molecular complexity index is 834. The topological polar surface area (TPSA) is 59.4 Å². The number of pyridine rings is 1. The molecule has 24 heavy (non-hydrogen) atoms. The molecule has 0 bridgehead atoms. The molecule has 0 radical (unpaired) electrons. The number of halogens is 4. The van der Waals surface area contributed by atoms with Crippen LogP contribution in [0.15, 0.2) is 42.2 Å². The van der Waals surface area contributed by atoms with Gasteiger partial charge in [-0.2, -0.15) is 13.2 Å². The van der Waals surface area contributed by atoms with Crippen LogP contribution in [-0.4, -0.2) is 28.3 Å². The van der Waals surface area contributed by atoms with Gasteiger partial charge in [-0.05, 0) is 29.8 Å². The van der Waals surface area contributed by atoms with Crippen LogP contribution >= 0.6 is 11.6 Å². The van der Waals surface area contributed by atoms with E-state index in [4.69, 9.17) is 21.4 Å². The smallest absolute Gasteiger partial charge is 0.430 e. The lowest BCUT2D eigenvalue weighted by Gasteiger charge is -2.28. The number of nitrogens with zero attached hydrogens (tertiary/aromatic N) is 1. The fourth-order valence-corrected chi connectivity index (χ4v) is 2.66. The lowest BCUT2D eigenvalue weighted by Crippen LogP contribution is -2.40. The van der Waals surface area contributed by atoms with E-state index in [1.807, 2.05) is 0 Å². The number of fused-ring (bicyclic) bond motifs is 1. The molecular weight excluding hydrogens is 347 g/mol. The number of hydrogen-bond acceptors (Lipinski definition) is 3. The Labute approximate surface area is 139 Å². The Morgan fingerprint density at radius 3 is 2.62 bits per heavy atom. The molecule has 0 spiro atoms. The van der Waals surface area contributed by atoms with Gasteiger partial charge in [-0.3, -0.25) is 4.98 Å². The monoisotopic (exact) mass is 355 g/mol. The van der Waals surface area contributed by atoms with Gasteiger partial charge >= 0.3 is 12.1 Å². The SMILES string of the molecule is O=C(O)C1=Cc2cc(-c3cccnc3)cc(Cl)c2OC1C(F)(F)F. The zero-order chi connectivity index (χ0) is 17.5. The van der Waals surface area contributed by atoms with Crippen LogP contribution < -0.4 is 4.74 Å². The minimum Gasteiger partial charge on any atom is -0.478 e. The number of aromatic nitrogens is 1. The van der Waals surface area contributed by atoms with Crippen LogP contribution in [0.2, 0.25) is 5.02 Å². The van der Waals surface area contributed by atoms with Gasteiger partial charge in [0.1, 0.15) is 5.75 Å². The van der Waals surface area contributed by atoms with Gasteiger partial charge in [0.25, 0.3) is 0 Å². The van der Waals surface area contributed by atoms with Crippen LogP contribution in [0.1, 0.15) is 5.56 Å². The summed E-state index contributed by atoms with van der Waals surface area (Å²) in [5.74, 6) is -1.90. The highest BCUT2D eigenvalue weighted by Crippen LogP contribution is 2.42. The second kappa shape index (κ2) is 5.83. The summed E-state index contributed by atoms with van der Waals surface area (Å²) in [6, 6.07) is 6.39. The van der Waals surface area contributed by atoms with E-state index in [1.54, 1.807) is 24.5 Å². The number of hydrogen-bond donors (Lipinski definition) is 1. The van der Waals surface area contributed by atoms with Crippen molar-refractivity contribution in [2.24, 2.45) is 0 Å². The minimum atomic E-state index is -4.87. The molecule has 4 nitrogen and oxygen atoms in total. The quantitative estimate of drug-likeness (QED) is 0.877.